The summed E-state index contributed by atoms with van der Waals surface area (Å²) in [6.45, 7) is 4.45. The van der Waals surface area contributed by atoms with Crippen LogP contribution in [0.1, 0.15) is 18.1 Å². The first-order valence-corrected chi connectivity index (χ1v) is 6.52. The van der Waals surface area contributed by atoms with Crippen LogP contribution < -0.4 is 9.88 Å². The molecule has 0 aliphatic rings. The second kappa shape index (κ2) is 6.14. The number of benzene rings is 1. The Bertz CT molecular complexity index is 561. The number of amides is 1. The van der Waals surface area contributed by atoms with E-state index in [1.165, 1.54) is 5.56 Å². The molecule has 2 aromatic rings. The Morgan fingerprint density at radius 2 is 1.95 bits per heavy atom. The number of hydrogen-bond acceptors (Lipinski definition) is 1. The van der Waals surface area contributed by atoms with Gasteiger partial charge in [-0.15, -0.1) is 0 Å². The van der Waals surface area contributed by atoms with Gasteiger partial charge < -0.3 is 5.32 Å². The van der Waals surface area contributed by atoms with Gasteiger partial charge in [0.25, 0.3) is 5.91 Å². The van der Waals surface area contributed by atoms with E-state index in [-0.39, 0.29) is 5.91 Å². The predicted octanol–water partition coefficient (Wildman–Crippen LogP) is 2.48. The quantitative estimate of drug-likeness (QED) is 0.837. The van der Waals surface area contributed by atoms with Gasteiger partial charge >= 0.3 is 0 Å². The number of nitrogens with zero attached hydrogens (tertiary/aromatic N) is 1. The largest absolute Gasteiger partial charge is 0.321 e. The van der Waals surface area contributed by atoms with Crippen molar-refractivity contribution >= 4 is 11.6 Å². The zero-order valence-electron chi connectivity index (χ0n) is 11.4. The lowest BCUT2D eigenvalue weighted by Gasteiger charge is -2.04. The summed E-state index contributed by atoms with van der Waals surface area (Å²) in [6, 6.07) is 11.9. The molecular weight excluding hydrogens is 236 g/mol. The minimum atomic E-state index is -0.0140. The molecule has 3 nitrogen and oxygen atoms in total. The maximum absolute atomic E-state index is 11.9. The highest BCUT2D eigenvalue weighted by atomic mass is 16.1. The molecule has 2 rings (SSSR count). The molecule has 0 aliphatic carbocycles. The highest BCUT2D eigenvalue weighted by Crippen LogP contribution is 2.09. The SMILES string of the molecule is CCc1cc[n+](CC(=O)Nc2cccc(C)c2)cc1. The maximum Gasteiger partial charge on any atom is 0.290 e. The number of carbonyl (C=O) groups is 1. The zero-order valence-corrected chi connectivity index (χ0v) is 11.4. The van der Waals surface area contributed by atoms with Gasteiger partial charge in [-0.05, 0) is 36.6 Å². The first kappa shape index (κ1) is 13.3. The van der Waals surface area contributed by atoms with E-state index in [9.17, 15) is 4.79 Å². The third-order valence-electron chi connectivity index (χ3n) is 3.00. The van der Waals surface area contributed by atoms with Crippen molar-refractivity contribution in [1.82, 2.24) is 0 Å². The summed E-state index contributed by atoms with van der Waals surface area (Å²) < 4.78 is 1.88. The average molecular weight is 255 g/mol. The van der Waals surface area contributed by atoms with Crippen LogP contribution in [-0.4, -0.2) is 5.91 Å². The van der Waals surface area contributed by atoms with Crippen molar-refractivity contribution in [2.24, 2.45) is 0 Å². The lowest BCUT2D eigenvalue weighted by atomic mass is 10.2. The molecule has 19 heavy (non-hydrogen) atoms. The van der Waals surface area contributed by atoms with E-state index in [1.807, 2.05) is 60.3 Å². The van der Waals surface area contributed by atoms with Crippen LogP contribution in [0.5, 0.6) is 0 Å². The number of rotatable bonds is 4. The fraction of sp³-hybridized carbons (Fsp3) is 0.250. The van der Waals surface area contributed by atoms with Crippen LogP contribution in [0.25, 0.3) is 0 Å². The third kappa shape index (κ3) is 3.91. The molecule has 0 aliphatic heterocycles. The van der Waals surface area contributed by atoms with Crippen molar-refractivity contribution in [3.8, 4) is 0 Å². The van der Waals surface area contributed by atoms with Crippen molar-refractivity contribution in [3.63, 3.8) is 0 Å². The summed E-state index contributed by atoms with van der Waals surface area (Å²) in [5.74, 6) is -0.0140. The Morgan fingerprint density at radius 1 is 1.21 bits per heavy atom. The minimum absolute atomic E-state index is 0.0140. The van der Waals surface area contributed by atoms with Crippen molar-refractivity contribution in [2.45, 2.75) is 26.8 Å². The fourth-order valence-electron chi connectivity index (χ4n) is 1.92. The van der Waals surface area contributed by atoms with E-state index in [0.29, 0.717) is 6.54 Å². The summed E-state index contributed by atoms with van der Waals surface area (Å²) >= 11 is 0. The molecule has 0 saturated heterocycles. The molecule has 98 valence electrons. The van der Waals surface area contributed by atoms with Crippen LogP contribution in [0, 0.1) is 6.92 Å². The number of carbonyl (C=O) groups excluding carboxylic acids is 1. The third-order valence-corrected chi connectivity index (χ3v) is 3.00. The van der Waals surface area contributed by atoms with Crippen LogP contribution in [0.3, 0.4) is 0 Å². The molecule has 0 bridgehead atoms. The monoisotopic (exact) mass is 255 g/mol. The molecule has 1 aromatic carbocycles. The van der Waals surface area contributed by atoms with Crippen molar-refractivity contribution < 1.29 is 9.36 Å². The molecule has 3 heteroatoms. The number of aromatic nitrogens is 1. The Labute approximate surface area is 113 Å². The Kier molecular flexibility index (Phi) is 4.29. The molecule has 0 radical (unpaired) electrons. The van der Waals surface area contributed by atoms with Crippen molar-refractivity contribution in [2.75, 3.05) is 5.32 Å². The second-order valence-corrected chi connectivity index (χ2v) is 4.65. The van der Waals surface area contributed by atoms with E-state index in [4.69, 9.17) is 0 Å². The first-order valence-electron chi connectivity index (χ1n) is 6.52. The fourth-order valence-corrected chi connectivity index (χ4v) is 1.92. The minimum Gasteiger partial charge on any atom is -0.321 e. The molecular formula is C16H19N2O+. The van der Waals surface area contributed by atoms with Gasteiger partial charge in [0.1, 0.15) is 0 Å². The summed E-state index contributed by atoms with van der Waals surface area (Å²) in [5.41, 5.74) is 3.25. The van der Waals surface area contributed by atoms with E-state index < -0.39 is 0 Å². The molecule has 1 amide bonds. The van der Waals surface area contributed by atoms with Gasteiger partial charge in [0.05, 0.1) is 0 Å². The topological polar surface area (TPSA) is 33.0 Å². The van der Waals surface area contributed by atoms with E-state index in [2.05, 4.69) is 12.2 Å². The highest BCUT2D eigenvalue weighted by Gasteiger charge is 2.09. The van der Waals surface area contributed by atoms with Crippen molar-refractivity contribution in [1.29, 1.82) is 0 Å². The van der Waals surface area contributed by atoms with Crippen LogP contribution in [-0.2, 0) is 17.8 Å². The van der Waals surface area contributed by atoms with Crippen molar-refractivity contribution in [3.05, 3.63) is 59.9 Å². The maximum atomic E-state index is 11.9. The molecule has 0 unspecified atom stereocenters. The van der Waals surface area contributed by atoms with E-state index in [1.54, 1.807) is 0 Å². The first-order chi connectivity index (χ1) is 9.17. The summed E-state index contributed by atoms with van der Waals surface area (Å²) in [5, 5.41) is 2.90. The van der Waals surface area contributed by atoms with Crippen LogP contribution in [0.2, 0.25) is 0 Å². The van der Waals surface area contributed by atoms with Gasteiger partial charge in [-0.1, -0.05) is 19.1 Å². The van der Waals surface area contributed by atoms with E-state index >= 15 is 0 Å². The molecule has 0 atom stereocenters. The van der Waals surface area contributed by atoms with Gasteiger partial charge in [-0.25, -0.2) is 0 Å². The number of aryl methyl sites for hydroxylation is 2. The molecule has 1 aromatic heterocycles. The smallest absolute Gasteiger partial charge is 0.290 e. The molecule has 0 fully saturated rings. The van der Waals surface area contributed by atoms with Gasteiger partial charge in [0, 0.05) is 17.8 Å². The zero-order chi connectivity index (χ0) is 13.7. The number of anilines is 1. The highest BCUT2D eigenvalue weighted by molar-refractivity contribution is 5.89. The van der Waals surface area contributed by atoms with Gasteiger partial charge in [0.15, 0.2) is 12.4 Å². The summed E-state index contributed by atoms with van der Waals surface area (Å²) in [4.78, 5) is 11.9. The number of nitrogens with one attached hydrogen (secondary N) is 1. The second-order valence-electron chi connectivity index (χ2n) is 4.65. The lowest BCUT2D eigenvalue weighted by Crippen LogP contribution is -2.39. The van der Waals surface area contributed by atoms with Crippen LogP contribution in [0.15, 0.2) is 48.8 Å². The van der Waals surface area contributed by atoms with Gasteiger partial charge in [0.2, 0.25) is 6.54 Å². The molecule has 1 heterocycles. The Morgan fingerprint density at radius 3 is 2.58 bits per heavy atom. The Balaban J connectivity index is 1.97. The molecule has 0 spiro atoms. The standard InChI is InChI=1S/C16H18N2O/c1-3-14-7-9-18(10-8-14)12-16(19)17-15-6-4-5-13(2)11-15/h4-11H,3,12H2,1-2H3/p+1. The molecule has 0 saturated carbocycles. The number of pyridine rings is 1. The van der Waals surface area contributed by atoms with Crippen LogP contribution >= 0.6 is 0 Å². The van der Waals surface area contributed by atoms with Crippen LogP contribution in [0.4, 0.5) is 5.69 Å². The summed E-state index contributed by atoms with van der Waals surface area (Å²) in [6.07, 6.45) is 4.89. The van der Waals surface area contributed by atoms with Gasteiger partial charge in [-0.2, -0.15) is 4.57 Å². The lowest BCUT2D eigenvalue weighted by molar-refractivity contribution is -0.684. The summed E-state index contributed by atoms with van der Waals surface area (Å²) in [7, 11) is 0. The predicted molar refractivity (Wildman–Crippen MR) is 75.8 cm³/mol. The van der Waals surface area contributed by atoms with Gasteiger partial charge in [-0.3, -0.25) is 4.79 Å². The average Bonchev–Trinajstić information content (AvgIpc) is 2.39. The Hall–Kier alpha value is -2.16. The van der Waals surface area contributed by atoms with E-state index in [0.717, 1.165) is 17.7 Å². The normalized spacial score (nSPS) is 10.2. The number of hydrogen-bond donors (Lipinski definition) is 1. The molecule has 1 N–H and O–H groups in total.